The highest BCUT2D eigenvalue weighted by molar-refractivity contribution is 5.54. The molecule has 0 atom stereocenters. The first kappa shape index (κ1) is 15.1. The van der Waals surface area contributed by atoms with Crippen molar-refractivity contribution in [2.24, 2.45) is 0 Å². The van der Waals surface area contributed by atoms with E-state index in [2.05, 4.69) is 9.88 Å². The van der Waals surface area contributed by atoms with E-state index >= 15 is 0 Å². The van der Waals surface area contributed by atoms with Crippen molar-refractivity contribution < 1.29 is 13.9 Å². The zero-order valence-corrected chi connectivity index (χ0v) is 13.1. The summed E-state index contributed by atoms with van der Waals surface area (Å²) in [7, 11) is 3.45. The predicted octanol–water partition coefficient (Wildman–Crippen LogP) is 2.96. The lowest BCUT2D eigenvalue weighted by atomic mass is 10.1. The van der Waals surface area contributed by atoms with Crippen LogP contribution in [0.25, 0.3) is 11.5 Å². The van der Waals surface area contributed by atoms with Crippen molar-refractivity contribution in [3.05, 3.63) is 36.2 Å². The number of methoxy groups -OCH3 is 2. The molecule has 0 bridgehead atoms. The second-order valence-electron chi connectivity index (χ2n) is 5.58. The van der Waals surface area contributed by atoms with Gasteiger partial charge >= 0.3 is 0 Å². The summed E-state index contributed by atoms with van der Waals surface area (Å²) in [6.45, 7) is 2.92. The molecule has 0 spiro atoms. The molecule has 0 N–H and O–H groups in total. The van der Waals surface area contributed by atoms with Crippen molar-refractivity contribution in [1.29, 1.82) is 0 Å². The lowest BCUT2D eigenvalue weighted by Gasteiger charge is -2.30. The quantitative estimate of drug-likeness (QED) is 0.850. The maximum Gasteiger partial charge on any atom is 0.226 e. The van der Waals surface area contributed by atoms with Gasteiger partial charge in [0.15, 0.2) is 0 Å². The van der Waals surface area contributed by atoms with Gasteiger partial charge in [-0.15, -0.1) is 0 Å². The maximum atomic E-state index is 5.60. The summed E-state index contributed by atoms with van der Waals surface area (Å²) in [6, 6.07) is 7.74. The minimum absolute atomic E-state index is 0.406. The van der Waals surface area contributed by atoms with Crippen molar-refractivity contribution in [2.45, 2.75) is 25.5 Å². The highest BCUT2D eigenvalue weighted by atomic mass is 16.5. The maximum absolute atomic E-state index is 5.60. The Balaban J connectivity index is 1.61. The van der Waals surface area contributed by atoms with Crippen LogP contribution in [0, 0.1) is 0 Å². The van der Waals surface area contributed by atoms with Crippen LogP contribution in [0.2, 0.25) is 0 Å². The number of hydrogen-bond donors (Lipinski definition) is 0. The minimum Gasteiger partial charge on any atom is -0.497 e. The third-order valence-electron chi connectivity index (χ3n) is 4.14. The number of nitrogens with zero attached hydrogens (tertiary/aromatic N) is 2. The van der Waals surface area contributed by atoms with Gasteiger partial charge in [0.25, 0.3) is 0 Å². The van der Waals surface area contributed by atoms with Gasteiger partial charge in [0, 0.05) is 32.3 Å². The van der Waals surface area contributed by atoms with Crippen LogP contribution in [0.15, 0.2) is 34.9 Å². The van der Waals surface area contributed by atoms with E-state index in [0.717, 1.165) is 49.5 Å². The molecule has 1 aromatic carbocycles. The molecule has 5 heteroatoms. The number of piperidine rings is 1. The normalized spacial score (nSPS) is 16.8. The van der Waals surface area contributed by atoms with Gasteiger partial charge in [0.2, 0.25) is 5.89 Å². The summed E-state index contributed by atoms with van der Waals surface area (Å²) in [5, 5.41) is 0. The van der Waals surface area contributed by atoms with Gasteiger partial charge in [-0.25, -0.2) is 4.98 Å². The zero-order valence-electron chi connectivity index (χ0n) is 13.1. The third-order valence-corrected chi connectivity index (χ3v) is 4.14. The number of likely N-dealkylation sites (tertiary alicyclic amines) is 1. The molecular formula is C17H22N2O3. The fraction of sp³-hybridized carbons (Fsp3) is 0.471. The van der Waals surface area contributed by atoms with E-state index in [1.165, 1.54) is 0 Å². The summed E-state index contributed by atoms with van der Waals surface area (Å²) in [5.41, 5.74) is 1.94. The Hall–Kier alpha value is -1.85. The number of aromatic nitrogens is 1. The van der Waals surface area contributed by atoms with Crippen molar-refractivity contribution in [1.82, 2.24) is 9.88 Å². The zero-order chi connectivity index (χ0) is 15.4. The number of rotatable bonds is 5. The molecule has 1 aliphatic heterocycles. The first-order valence-corrected chi connectivity index (χ1v) is 7.62. The molecule has 0 aliphatic carbocycles. The van der Waals surface area contributed by atoms with Crippen LogP contribution in [-0.2, 0) is 11.3 Å². The molecule has 1 aliphatic rings. The Kier molecular flexibility index (Phi) is 4.75. The average molecular weight is 302 g/mol. The first-order chi connectivity index (χ1) is 10.8. The molecule has 0 radical (unpaired) electrons. The Labute approximate surface area is 130 Å². The topological polar surface area (TPSA) is 47.7 Å². The largest absolute Gasteiger partial charge is 0.497 e. The molecule has 1 aromatic heterocycles. The summed E-state index contributed by atoms with van der Waals surface area (Å²) in [5.74, 6) is 1.49. The van der Waals surface area contributed by atoms with Gasteiger partial charge in [0.1, 0.15) is 12.0 Å². The van der Waals surface area contributed by atoms with E-state index in [1.54, 1.807) is 20.5 Å². The monoisotopic (exact) mass is 302 g/mol. The molecule has 118 valence electrons. The number of benzene rings is 1. The van der Waals surface area contributed by atoms with Gasteiger partial charge in [-0.3, -0.25) is 4.90 Å². The van der Waals surface area contributed by atoms with Gasteiger partial charge < -0.3 is 13.9 Å². The van der Waals surface area contributed by atoms with Crippen molar-refractivity contribution in [3.8, 4) is 17.2 Å². The molecule has 0 amide bonds. The van der Waals surface area contributed by atoms with Crippen molar-refractivity contribution in [2.75, 3.05) is 27.3 Å². The summed E-state index contributed by atoms with van der Waals surface area (Å²) in [6.07, 6.45) is 4.32. The first-order valence-electron chi connectivity index (χ1n) is 7.62. The summed E-state index contributed by atoms with van der Waals surface area (Å²) < 4.78 is 16.2. The minimum atomic E-state index is 0.406. The number of oxazole rings is 1. The van der Waals surface area contributed by atoms with Crippen LogP contribution in [-0.4, -0.2) is 43.3 Å². The molecule has 0 unspecified atom stereocenters. The standard InChI is InChI=1S/C17H22N2O3/c1-20-15-5-3-13(4-6-15)17-18-14(12-22-17)11-19-9-7-16(21-2)8-10-19/h3-6,12,16H,7-11H2,1-2H3. The van der Waals surface area contributed by atoms with Crippen molar-refractivity contribution >= 4 is 0 Å². The van der Waals surface area contributed by atoms with Crippen LogP contribution >= 0.6 is 0 Å². The highest BCUT2D eigenvalue weighted by Crippen LogP contribution is 2.23. The van der Waals surface area contributed by atoms with Crippen LogP contribution in [0.3, 0.4) is 0 Å². The fourth-order valence-electron chi connectivity index (χ4n) is 2.78. The molecule has 22 heavy (non-hydrogen) atoms. The van der Waals surface area contributed by atoms with Crippen LogP contribution in [0.5, 0.6) is 5.75 Å². The fourth-order valence-corrected chi connectivity index (χ4v) is 2.78. The van der Waals surface area contributed by atoms with E-state index in [4.69, 9.17) is 13.9 Å². The van der Waals surface area contributed by atoms with Gasteiger partial charge in [0.05, 0.1) is 18.9 Å². The Bertz CT molecular complexity index is 586. The Morgan fingerprint density at radius 1 is 1.18 bits per heavy atom. The second-order valence-corrected chi connectivity index (χ2v) is 5.58. The second kappa shape index (κ2) is 6.94. The molecule has 3 rings (SSSR count). The Morgan fingerprint density at radius 2 is 1.91 bits per heavy atom. The lowest BCUT2D eigenvalue weighted by molar-refractivity contribution is 0.0385. The molecule has 2 aromatic rings. The van der Waals surface area contributed by atoms with Crippen LogP contribution in [0.4, 0.5) is 0 Å². The van der Waals surface area contributed by atoms with E-state index in [9.17, 15) is 0 Å². The van der Waals surface area contributed by atoms with Gasteiger partial charge in [-0.2, -0.15) is 0 Å². The van der Waals surface area contributed by atoms with E-state index in [1.807, 2.05) is 24.3 Å². The van der Waals surface area contributed by atoms with E-state index < -0.39 is 0 Å². The molecule has 2 heterocycles. The third kappa shape index (κ3) is 3.48. The van der Waals surface area contributed by atoms with Gasteiger partial charge in [-0.1, -0.05) is 0 Å². The van der Waals surface area contributed by atoms with Gasteiger partial charge in [-0.05, 0) is 37.1 Å². The van der Waals surface area contributed by atoms with Crippen LogP contribution < -0.4 is 4.74 Å². The van der Waals surface area contributed by atoms with E-state index in [0.29, 0.717) is 12.0 Å². The number of ether oxygens (including phenoxy) is 2. The summed E-state index contributed by atoms with van der Waals surface area (Å²) in [4.78, 5) is 6.98. The molecule has 5 nitrogen and oxygen atoms in total. The number of hydrogen-bond acceptors (Lipinski definition) is 5. The molecule has 0 saturated carbocycles. The summed E-state index contributed by atoms with van der Waals surface area (Å²) >= 11 is 0. The Morgan fingerprint density at radius 3 is 2.55 bits per heavy atom. The molecule has 1 fully saturated rings. The van der Waals surface area contributed by atoms with E-state index in [-0.39, 0.29) is 0 Å². The lowest BCUT2D eigenvalue weighted by Crippen LogP contribution is -2.36. The molecule has 1 saturated heterocycles. The van der Waals surface area contributed by atoms with Crippen molar-refractivity contribution in [3.63, 3.8) is 0 Å². The highest BCUT2D eigenvalue weighted by Gasteiger charge is 2.19. The average Bonchev–Trinajstić information content (AvgIpc) is 3.04. The molecular weight excluding hydrogens is 280 g/mol. The SMILES string of the molecule is COc1ccc(-c2nc(CN3CCC(OC)CC3)co2)cc1. The predicted molar refractivity (Wildman–Crippen MR) is 83.8 cm³/mol. The van der Waals surface area contributed by atoms with Crippen LogP contribution in [0.1, 0.15) is 18.5 Å². The smallest absolute Gasteiger partial charge is 0.226 e.